The fraction of sp³-hybridized carbons (Fsp3) is 0.533. The average molecular weight is 261 g/mol. The summed E-state index contributed by atoms with van der Waals surface area (Å²) in [6.45, 7) is 5.58. The number of urea groups is 1. The molecular weight excluding hydrogens is 238 g/mol. The van der Waals surface area contributed by atoms with E-state index in [0.29, 0.717) is 12.5 Å². The van der Waals surface area contributed by atoms with Crippen molar-refractivity contribution in [2.75, 3.05) is 18.4 Å². The molecule has 0 radical (unpaired) electrons. The predicted molar refractivity (Wildman–Crippen MR) is 78.1 cm³/mol. The van der Waals surface area contributed by atoms with Crippen molar-refractivity contribution in [3.63, 3.8) is 0 Å². The standard InChI is InChI=1S/C15H23N3O/c1-11-3-5-13(6-4-11)17-15(19)18-8-7-12(2)9-14(18)10-16/h3-6,12,14H,7-10,16H2,1-2H3,(H,17,19). The lowest BCUT2D eigenvalue weighted by atomic mass is 9.93. The van der Waals surface area contributed by atoms with Gasteiger partial charge in [0.1, 0.15) is 0 Å². The average Bonchev–Trinajstić information content (AvgIpc) is 2.41. The van der Waals surface area contributed by atoms with E-state index in [1.807, 2.05) is 36.1 Å². The summed E-state index contributed by atoms with van der Waals surface area (Å²) in [7, 11) is 0. The third-order valence-corrected chi connectivity index (χ3v) is 3.81. The first kappa shape index (κ1) is 13.9. The van der Waals surface area contributed by atoms with Gasteiger partial charge in [-0.05, 0) is 37.8 Å². The van der Waals surface area contributed by atoms with Crippen LogP contribution < -0.4 is 11.1 Å². The summed E-state index contributed by atoms with van der Waals surface area (Å²) >= 11 is 0. The summed E-state index contributed by atoms with van der Waals surface area (Å²) in [6.07, 6.45) is 2.05. The van der Waals surface area contributed by atoms with Crippen LogP contribution in [0.25, 0.3) is 0 Å². The van der Waals surface area contributed by atoms with Gasteiger partial charge < -0.3 is 16.0 Å². The van der Waals surface area contributed by atoms with Gasteiger partial charge in [0.15, 0.2) is 0 Å². The molecule has 0 aromatic heterocycles. The normalized spacial score (nSPS) is 23.2. The van der Waals surface area contributed by atoms with Gasteiger partial charge in [-0.15, -0.1) is 0 Å². The van der Waals surface area contributed by atoms with Gasteiger partial charge in [0.05, 0.1) is 0 Å². The lowest BCUT2D eigenvalue weighted by Crippen LogP contribution is -2.50. The molecule has 3 N–H and O–H groups in total. The smallest absolute Gasteiger partial charge is 0.322 e. The van der Waals surface area contributed by atoms with E-state index in [0.717, 1.165) is 25.1 Å². The molecule has 1 saturated heterocycles. The number of benzene rings is 1. The van der Waals surface area contributed by atoms with Crippen molar-refractivity contribution in [2.45, 2.75) is 32.7 Å². The van der Waals surface area contributed by atoms with Crippen molar-refractivity contribution in [2.24, 2.45) is 11.7 Å². The molecule has 0 saturated carbocycles. The molecule has 1 fully saturated rings. The van der Waals surface area contributed by atoms with E-state index < -0.39 is 0 Å². The first-order chi connectivity index (χ1) is 9.10. The van der Waals surface area contributed by atoms with Gasteiger partial charge in [0, 0.05) is 24.8 Å². The van der Waals surface area contributed by atoms with Gasteiger partial charge in [0.25, 0.3) is 0 Å². The molecule has 1 heterocycles. The molecule has 2 unspecified atom stereocenters. The summed E-state index contributed by atoms with van der Waals surface area (Å²) in [4.78, 5) is 14.2. The molecule has 0 bridgehead atoms. The van der Waals surface area contributed by atoms with Crippen molar-refractivity contribution in [1.82, 2.24) is 4.90 Å². The monoisotopic (exact) mass is 261 g/mol. The third-order valence-electron chi connectivity index (χ3n) is 3.81. The molecule has 1 aromatic rings. The number of piperidine rings is 1. The van der Waals surface area contributed by atoms with Gasteiger partial charge in [-0.25, -0.2) is 4.79 Å². The topological polar surface area (TPSA) is 58.4 Å². The van der Waals surface area contributed by atoms with Crippen LogP contribution >= 0.6 is 0 Å². The number of amides is 2. The molecule has 4 heteroatoms. The Hall–Kier alpha value is -1.55. The number of nitrogens with one attached hydrogen (secondary N) is 1. The molecule has 2 atom stereocenters. The van der Waals surface area contributed by atoms with Crippen molar-refractivity contribution >= 4 is 11.7 Å². The second-order valence-corrected chi connectivity index (χ2v) is 5.51. The molecule has 19 heavy (non-hydrogen) atoms. The Balaban J connectivity index is 2.00. The van der Waals surface area contributed by atoms with Crippen LogP contribution in [0.1, 0.15) is 25.3 Å². The van der Waals surface area contributed by atoms with Crippen LogP contribution in [0.2, 0.25) is 0 Å². The number of aryl methyl sites for hydroxylation is 1. The van der Waals surface area contributed by atoms with Crippen LogP contribution in [0.4, 0.5) is 10.5 Å². The first-order valence-electron chi connectivity index (χ1n) is 6.94. The summed E-state index contributed by atoms with van der Waals surface area (Å²) in [5.74, 6) is 0.650. The number of carbonyl (C=O) groups is 1. The van der Waals surface area contributed by atoms with Crippen LogP contribution in [0, 0.1) is 12.8 Å². The molecule has 2 amide bonds. The van der Waals surface area contributed by atoms with E-state index >= 15 is 0 Å². The van der Waals surface area contributed by atoms with Gasteiger partial charge in [-0.3, -0.25) is 0 Å². The maximum atomic E-state index is 12.3. The van der Waals surface area contributed by atoms with Crippen molar-refractivity contribution in [3.8, 4) is 0 Å². The predicted octanol–water partition coefficient (Wildman–Crippen LogP) is 2.59. The van der Waals surface area contributed by atoms with Gasteiger partial charge >= 0.3 is 6.03 Å². The highest BCUT2D eigenvalue weighted by atomic mass is 16.2. The minimum Gasteiger partial charge on any atom is -0.328 e. The van der Waals surface area contributed by atoms with E-state index in [1.165, 1.54) is 5.56 Å². The summed E-state index contributed by atoms with van der Waals surface area (Å²) < 4.78 is 0. The Bertz CT molecular complexity index is 430. The molecule has 1 aromatic carbocycles. The SMILES string of the molecule is Cc1ccc(NC(=O)N2CCC(C)CC2CN)cc1. The van der Waals surface area contributed by atoms with Gasteiger partial charge in [0.2, 0.25) is 0 Å². The van der Waals surface area contributed by atoms with E-state index in [-0.39, 0.29) is 12.1 Å². The van der Waals surface area contributed by atoms with Crippen molar-refractivity contribution < 1.29 is 4.79 Å². The second-order valence-electron chi connectivity index (χ2n) is 5.51. The number of rotatable bonds is 2. The quantitative estimate of drug-likeness (QED) is 0.859. The number of nitrogens with two attached hydrogens (primary N) is 1. The summed E-state index contributed by atoms with van der Waals surface area (Å²) in [6, 6.07) is 7.97. The van der Waals surface area contributed by atoms with E-state index in [1.54, 1.807) is 0 Å². The summed E-state index contributed by atoms with van der Waals surface area (Å²) in [5.41, 5.74) is 7.81. The van der Waals surface area contributed by atoms with Crippen LogP contribution in [-0.2, 0) is 0 Å². The zero-order valence-corrected chi connectivity index (χ0v) is 11.7. The number of likely N-dealkylation sites (tertiary alicyclic amines) is 1. The highest BCUT2D eigenvalue weighted by Crippen LogP contribution is 2.22. The molecule has 1 aliphatic heterocycles. The Kier molecular flexibility index (Phi) is 4.43. The summed E-state index contributed by atoms with van der Waals surface area (Å²) in [5, 5.41) is 2.95. The largest absolute Gasteiger partial charge is 0.328 e. The molecule has 4 nitrogen and oxygen atoms in total. The van der Waals surface area contributed by atoms with Crippen LogP contribution in [0.5, 0.6) is 0 Å². The van der Waals surface area contributed by atoms with E-state index in [2.05, 4.69) is 12.2 Å². The molecule has 1 aliphatic rings. The number of hydrogen-bond acceptors (Lipinski definition) is 2. The van der Waals surface area contributed by atoms with Crippen LogP contribution in [0.15, 0.2) is 24.3 Å². The zero-order valence-electron chi connectivity index (χ0n) is 11.7. The van der Waals surface area contributed by atoms with Crippen LogP contribution in [0.3, 0.4) is 0 Å². The van der Waals surface area contributed by atoms with E-state index in [9.17, 15) is 4.79 Å². The van der Waals surface area contributed by atoms with Gasteiger partial charge in [-0.1, -0.05) is 24.6 Å². The minimum absolute atomic E-state index is 0.0359. The van der Waals surface area contributed by atoms with E-state index in [4.69, 9.17) is 5.73 Å². The maximum Gasteiger partial charge on any atom is 0.322 e. The first-order valence-corrected chi connectivity index (χ1v) is 6.94. The van der Waals surface area contributed by atoms with Crippen LogP contribution in [-0.4, -0.2) is 30.1 Å². The molecular formula is C15H23N3O. The Labute approximate surface area is 115 Å². The zero-order chi connectivity index (χ0) is 13.8. The highest BCUT2D eigenvalue weighted by molar-refractivity contribution is 5.89. The van der Waals surface area contributed by atoms with Crippen molar-refractivity contribution in [3.05, 3.63) is 29.8 Å². The lowest BCUT2D eigenvalue weighted by molar-refractivity contribution is 0.145. The van der Waals surface area contributed by atoms with Crippen molar-refractivity contribution in [1.29, 1.82) is 0 Å². The number of nitrogens with zero attached hydrogens (tertiary/aromatic N) is 1. The second kappa shape index (κ2) is 6.06. The Morgan fingerprint density at radius 1 is 1.42 bits per heavy atom. The molecule has 0 spiro atoms. The molecule has 0 aliphatic carbocycles. The maximum absolute atomic E-state index is 12.3. The fourth-order valence-corrected chi connectivity index (χ4v) is 2.57. The fourth-order valence-electron chi connectivity index (χ4n) is 2.57. The lowest BCUT2D eigenvalue weighted by Gasteiger charge is -2.37. The Morgan fingerprint density at radius 2 is 2.11 bits per heavy atom. The molecule has 2 rings (SSSR count). The molecule has 104 valence electrons. The number of anilines is 1. The Morgan fingerprint density at radius 3 is 2.74 bits per heavy atom. The number of hydrogen-bond donors (Lipinski definition) is 2. The van der Waals surface area contributed by atoms with Gasteiger partial charge in [-0.2, -0.15) is 0 Å². The minimum atomic E-state index is -0.0359. The highest BCUT2D eigenvalue weighted by Gasteiger charge is 2.28. The number of carbonyl (C=O) groups excluding carboxylic acids is 1. The third kappa shape index (κ3) is 3.47.